The highest BCUT2D eigenvalue weighted by atomic mass is 32.1. The van der Waals surface area contributed by atoms with Crippen molar-refractivity contribution in [1.82, 2.24) is 15.2 Å². The smallest absolute Gasteiger partial charge is 0.308 e. The van der Waals surface area contributed by atoms with Crippen LogP contribution in [-0.4, -0.2) is 29.5 Å². The van der Waals surface area contributed by atoms with Crippen LogP contribution in [0.2, 0.25) is 0 Å². The van der Waals surface area contributed by atoms with E-state index in [1.165, 1.54) is 28.8 Å². The molecule has 1 heterocycles. The minimum absolute atomic E-state index is 0.141. The highest BCUT2D eigenvalue weighted by Crippen LogP contribution is 2.25. The molecule has 3 rings (SSSR count). The van der Waals surface area contributed by atoms with Crippen molar-refractivity contribution in [1.29, 1.82) is 0 Å². The maximum Gasteiger partial charge on any atom is 0.308 e. The Morgan fingerprint density at radius 1 is 1.00 bits per heavy atom. The Balaban J connectivity index is 1.57. The molecule has 0 saturated heterocycles. The molecule has 1 aromatic heterocycles. The summed E-state index contributed by atoms with van der Waals surface area (Å²) in [6.07, 6.45) is 0. The number of carbonyl (C=O) groups excluding carboxylic acids is 2. The van der Waals surface area contributed by atoms with Gasteiger partial charge in [0.25, 0.3) is 5.91 Å². The monoisotopic (exact) mass is 445 g/mol. The molecule has 0 bridgehead atoms. The molecule has 0 atom stereocenters. The van der Waals surface area contributed by atoms with E-state index < -0.39 is 23.4 Å². The zero-order valence-corrected chi connectivity index (χ0v) is 17.8. The first-order valence-corrected chi connectivity index (χ1v) is 10.3. The Hall–Kier alpha value is -3.33. The van der Waals surface area contributed by atoms with Gasteiger partial charge in [0.1, 0.15) is 18.2 Å². The normalized spacial score (nSPS) is 10.7. The summed E-state index contributed by atoms with van der Waals surface area (Å²) in [7, 11) is 0. The van der Waals surface area contributed by atoms with Crippen molar-refractivity contribution in [3.05, 3.63) is 79.8 Å². The van der Waals surface area contributed by atoms with Crippen molar-refractivity contribution in [2.45, 2.75) is 20.4 Å². The summed E-state index contributed by atoms with van der Waals surface area (Å²) >= 11 is 1.01. The number of carbonyl (C=O) groups is 2. The van der Waals surface area contributed by atoms with Gasteiger partial charge in [-0.2, -0.15) is 0 Å². The summed E-state index contributed by atoms with van der Waals surface area (Å²) < 4.78 is 28.1. The largest absolute Gasteiger partial charge is 0.353 e. The van der Waals surface area contributed by atoms with Crippen LogP contribution in [0.3, 0.4) is 0 Å². The van der Waals surface area contributed by atoms with Gasteiger partial charge < -0.3 is 10.6 Å². The SMILES string of the molecule is Cc1ccc(C(=O)NCCNC(=O)Cn2c(-c3ccc(F)cc3)c(C)sc2=O)cc1F. The number of nitrogens with one attached hydrogen (secondary N) is 2. The highest BCUT2D eigenvalue weighted by Gasteiger charge is 2.16. The van der Waals surface area contributed by atoms with E-state index >= 15 is 0 Å². The van der Waals surface area contributed by atoms with E-state index in [-0.39, 0.29) is 30.1 Å². The van der Waals surface area contributed by atoms with Crippen molar-refractivity contribution in [2.75, 3.05) is 13.1 Å². The number of thiazole rings is 1. The van der Waals surface area contributed by atoms with Crippen molar-refractivity contribution in [2.24, 2.45) is 0 Å². The molecule has 6 nitrogen and oxygen atoms in total. The molecule has 9 heteroatoms. The van der Waals surface area contributed by atoms with Crippen molar-refractivity contribution < 1.29 is 18.4 Å². The molecule has 0 saturated carbocycles. The number of halogens is 2. The van der Waals surface area contributed by atoms with Crippen LogP contribution in [0, 0.1) is 25.5 Å². The number of hydrogen-bond acceptors (Lipinski definition) is 4. The van der Waals surface area contributed by atoms with E-state index in [0.717, 1.165) is 22.3 Å². The first-order valence-electron chi connectivity index (χ1n) is 9.53. The van der Waals surface area contributed by atoms with Crippen molar-refractivity contribution in [3.63, 3.8) is 0 Å². The predicted molar refractivity (Wildman–Crippen MR) is 115 cm³/mol. The quantitative estimate of drug-likeness (QED) is 0.549. The zero-order chi connectivity index (χ0) is 22.5. The third-order valence-corrected chi connectivity index (χ3v) is 5.54. The molecule has 2 aromatic carbocycles. The second kappa shape index (κ2) is 9.65. The minimum atomic E-state index is -0.464. The van der Waals surface area contributed by atoms with Crippen LogP contribution in [0.5, 0.6) is 0 Å². The van der Waals surface area contributed by atoms with Gasteiger partial charge in [-0.1, -0.05) is 17.4 Å². The lowest BCUT2D eigenvalue weighted by molar-refractivity contribution is -0.121. The molecular formula is C22H21F2N3O3S. The average Bonchev–Trinajstić information content (AvgIpc) is 3.00. The van der Waals surface area contributed by atoms with Crippen LogP contribution < -0.4 is 15.5 Å². The molecule has 0 fully saturated rings. The van der Waals surface area contributed by atoms with E-state index in [1.54, 1.807) is 26.0 Å². The second-order valence-corrected chi connectivity index (χ2v) is 8.10. The fraction of sp³-hybridized carbons (Fsp3) is 0.227. The first kappa shape index (κ1) is 22.4. The van der Waals surface area contributed by atoms with Gasteiger partial charge in [-0.15, -0.1) is 0 Å². The van der Waals surface area contributed by atoms with Gasteiger partial charge in [-0.05, 0) is 61.4 Å². The minimum Gasteiger partial charge on any atom is -0.353 e. The van der Waals surface area contributed by atoms with E-state index in [9.17, 15) is 23.2 Å². The zero-order valence-electron chi connectivity index (χ0n) is 17.0. The summed E-state index contributed by atoms with van der Waals surface area (Å²) in [5, 5.41) is 5.24. The topological polar surface area (TPSA) is 80.2 Å². The van der Waals surface area contributed by atoms with Gasteiger partial charge in [0, 0.05) is 23.5 Å². The highest BCUT2D eigenvalue weighted by molar-refractivity contribution is 7.09. The van der Waals surface area contributed by atoms with Crippen LogP contribution in [-0.2, 0) is 11.3 Å². The number of benzene rings is 2. The molecule has 0 radical (unpaired) electrons. The van der Waals surface area contributed by atoms with Crippen LogP contribution in [0.1, 0.15) is 20.8 Å². The lowest BCUT2D eigenvalue weighted by Crippen LogP contribution is -2.37. The third-order valence-electron chi connectivity index (χ3n) is 4.65. The molecule has 0 aliphatic heterocycles. The molecule has 0 spiro atoms. The Bertz CT molecular complexity index is 1170. The maximum atomic E-state index is 13.6. The van der Waals surface area contributed by atoms with Crippen LogP contribution in [0.15, 0.2) is 47.3 Å². The van der Waals surface area contributed by atoms with Gasteiger partial charge in [0.2, 0.25) is 5.91 Å². The van der Waals surface area contributed by atoms with E-state index in [2.05, 4.69) is 10.6 Å². The van der Waals surface area contributed by atoms with Crippen LogP contribution in [0.4, 0.5) is 8.78 Å². The number of nitrogens with zero attached hydrogens (tertiary/aromatic N) is 1. The maximum absolute atomic E-state index is 13.6. The van der Waals surface area contributed by atoms with E-state index in [0.29, 0.717) is 16.8 Å². The Kier molecular flexibility index (Phi) is 6.96. The van der Waals surface area contributed by atoms with Crippen molar-refractivity contribution >= 4 is 23.2 Å². The molecular weight excluding hydrogens is 424 g/mol. The Labute approximate surface area is 181 Å². The predicted octanol–water partition coefficient (Wildman–Crippen LogP) is 3.02. The molecule has 31 heavy (non-hydrogen) atoms. The third kappa shape index (κ3) is 5.43. The van der Waals surface area contributed by atoms with E-state index in [1.807, 2.05) is 0 Å². The number of hydrogen-bond donors (Lipinski definition) is 2. The van der Waals surface area contributed by atoms with Gasteiger partial charge >= 0.3 is 4.87 Å². The number of rotatable bonds is 7. The summed E-state index contributed by atoms with van der Waals surface area (Å²) in [5.74, 6) is -1.71. The Morgan fingerprint density at radius 3 is 2.35 bits per heavy atom. The van der Waals surface area contributed by atoms with E-state index in [4.69, 9.17) is 0 Å². The molecule has 3 aromatic rings. The second-order valence-electron chi connectivity index (χ2n) is 6.94. The molecule has 2 N–H and O–H groups in total. The fourth-order valence-corrected chi connectivity index (χ4v) is 3.89. The van der Waals surface area contributed by atoms with Gasteiger partial charge in [0.05, 0.1) is 5.69 Å². The van der Waals surface area contributed by atoms with Gasteiger partial charge in [-0.25, -0.2) is 8.78 Å². The van der Waals surface area contributed by atoms with Crippen molar-refractivity contribution in [3.8, 4) is 11.3 Å². The standard InChI is InChI=1S/C22H21F2N3O3S/c1-13-3-4-16(11-18(13)24)21(29)26-10-9-25-19(28)12-27-20(14(2)31-22(27)30)15-5-7-17(23)8-6-15/h3-8,11H,9-10,12H2,1-2H3,(H,25,28)(H,26,29). The van der Waals surface area contributed by atoms with Gasteiger partial charge in [0.15, 0.2) is 0 Å². The molecule has 0 unspecified atom stereocenters. The molecule has 0 aliphatic rings. The lowest BCUT2D eigenvalue weighted by atomic mass is 10.1. The fourth-order valence-electron chi connectivity index (χ4n) is 3.04. The molecule has 0 aliphatic carbocycles. The number of aromatic nitrogens is 1. The Morgan fingerprint density at radius 2 is 1.68 bits per heavy atom. The average molecular weight is 445 g/mol. The van der Waals surface area contributed by atoms with Gasteiger partial charge in [-0.3, -0.25) is 19.0 Å². The van der Waals surface area contributed by atoms with Crippen LogP contribution in [0.25, 0.3) is 11.3 Å². The summed E-state index contributed by atoms with van der Waals surface area (Å²) in [6, 6.07) is 9.91. The number of aryl methyl sites for hydroxylation is 2. The molecule has 2 amide bonds. The molecule has 162 valence electrons. The first-order chi connectivity index (χ1) is 14.8. The van der Waals surface area contributed by atoms with Crippen LogP contribution >= 0.6 is 11.3 Å². The number of amides is 2. The summed E-state index contributed by atoms with van der Waals surface area (Å²) in [5.41, 5.74) is 1.85. The summed E-state index contributed by atoms with van der Waals surface area (Å²) in [6.45, 7) is 3.45. The summed E-state index contributed by atoms with van der Waals surface area (Å²) in [4.78, 5) is 37.1. The lowest BCUT2D eigenvalue weighted by Gasteiger charge is -2.11.